The first kappa shape index (κ1) is 13.6. The maximum Gasteiger partial charge on any atom is 0.123 e. The molecule has 0 radical (unpaired) electrons. The fourth-order valence-corrected chi connectivity index (χ4v) is 2.97. The number of halogens is 1. The van der Waals surface area contributed by atoms with Crippen molar-refractivity contribution in [1.82, 2.24) is 5.32 Å². The van der Waals surface area contributed by atoms with Gasteiger partial charge in [-0.1, -0.05) is 0 Å². The summed E-state index contributed by atoms with van der Waals surface area (Å²) in [5, 5.41) is 13.1. The Bertz CT molecular complexity index is 355. The molecule has 1 aliphatic rings. The van der Waals surface area contributed by atoms with Crippen LogP contribution in [0, 0.1) is 5.82 Å². The number of aliphatic hydroxyl groups is 1. The van der Waals surface area contributed by atoms with E-state index in [2.05, 4.69) is 5.32 Å². The maximum absolute atomic E-state index is 12.7. The Hall–Kier alpha value is -0.780. The summed E-state index contributed by atoms with van der Waals surface area (Å²) in [6.45, 7) is 0.755. The minimum absolute atomic E-state index is 0.221. The SMILES string of the molecule is OC(CNC1CCSC1)COc1ccc(F)cc1. The largest absolute Gasteiger partial charge is 0.491 e. The molecule has 1 aromatic carbocycles. The van der Waals surface area contributed by atoms with Crippen LogP contribution in [0.5, 0.6) is 5.75 Å². The van der Waals surface area contributed by atoms with Crippen LogP contribution in [-0.2, 0) is 0 Å². The van der Waals surface area contributed by atoms with Crippen LogP contribution in [0.15, 0.2) is 24.3 Å². The second-order valence-corrected chi connectivity index (χ2v) is 5.54. The van der Waals surface area contributed by atoms with Crippen LogP contribution in [0.2, 0.25) is 0 Å². The predicted molar refractivity (Wildman–Crippen MR) is 71.6 cm³/mol. The van der Waals surface area contributed by atoms with Crippen molar-refractivity contribution >= 4 is 11.8 Å². The minimum atomic E-state index is -0.541. The smallest absolute Gasteiger partial charge is 0.123 e. The van der Waals surface area contributed by atoms with Crippen molar-refractivity contribution in [3.05, 3.63) is 30.1 Å². The molecule has 0 amide bonds. The van der Waals surface area contributed by atoms with Crippen LogP contribution in [0.1, 0.15) is 6.42 Å². The van der Waals surface area contributed by atoms with Gasteiger partial charge in [0.25, 0.3) is 0 Å². The van der Waals surface area contributed by atoms with Gasteiger partial charge in [0.05, 0.1) is 0 Å². The van der Waals surface area contributed by atoms with Crippen molar-refractivity contribution < 1.29 is 14.2 Å². The molecule has 0 aliphatic carbocycles. The summed E-state index contributed by atoms with van der Waals surface area (Å²) in [5.41, 5.74) is 0. The molecule has 0 aromatic heterocycles. The fraction of sp³-hybridized carbons (Fsp3) is 0.538. The summed E-state index contributed by atoms with van der Waals surface area (Å²) in [7, 11) is 0. The van der Waals surface area contributed by atoms with Gasteiger partial charge in [-0.25, -0.2) is 4.39 Å². The van der Waals surface area contributed by atoms with Crippen LogP contribution in [0.25, 0.3) is 0 Å². The van der Waals surface area contributed by atoms with Gasteiger partial charge in [-0.3, -0.25) is 0 Å². The van der Waals surface area contributed by atoms with Gasteiger partial charge < -0.3 is 15.2 Å². The molecular weight excluding hydrogens is 253 g/mol. The molecule has 100 valence electrons. The van der Waals surface area contributed by atoms with E-state index in [4.69, 9.17) is 4.74 Å². The zero-order chi connectivity index (χ0) is 12.8. The standard InChI is InChI=1S/C13H18FNO2S/c14-10-1-3-13(4-2-10)17-8-12(16)7-15-11-5-6-18-9-11/h1-4,11-12,15-16H,5-9H2. The van der Waals surface area contributed by atoms with E-state index in [1.165, 1.54) is 17.9 Å². The van der Waals surface area contributed by atoms with Gasteiger partial charge in [0.15, 0.2) is 0 Å². The van der Waals surface area contributed by atoms with Crippen molar-refractivity contribution in [2.24, 2.45) is 0 Å². The monoisotopic (exact) mass is 271 g/mol. The van der Waals surface area contributed by atoms with Gasteiger partial charge in [-0.15, -0.1) is 0 Å². The summed E-state index contributed by atoms with van der Waals surface area (Å²) in [6.07, 6.45) is 0.622. The molecule has 0 bridgehead atoms. The van der Waals surface area contributed by atoms with Gasteiger partial charge in [-0.05, 0) is 36.4 Å². The van der Waals surface area contributed by atoms with E-state index in [0.717, 1.165) is 12.2 Å². The third kappa shape index (κ3) is 4.48. The van der Waals surface area contributed by atoms with E-state index in [0.29, 0.717) is 18.3 Å². The zero-order valence-corrected chi connectivity index (χ0v) is 11.0. The summed E-state index contributed by atoms with van der Waals surface area (Å²) in [5.74, 6) is 2.60. The van der Waals surface area contributed by atoms with Gasteiger partial charge in [0, 0.05) is 18.3 Å². The number of rotatable bonds is 6. The highest BCUT2D eigenvalue weighted by molar-refractivity contribution is 7.99. The highest BCUT2D eigenvalue weighted by Gasteiger charge is 2.16. The molecule has 2 atom stereocenters. The molecule has 1 aromatic rings. The average molecular weight is 271 g/mol. The quantitative estimate of drug-likeness (QED) is 0.825. The Kier molecular flexibility index (Phi) is 5.28. The van der Waals surface area contributed by atoms with E-state index in [1.54, 1.807) is 12.1 Å². The highest BCUT2D eigenvalue weighted by Crippen LogP contribution is 2.17. The summed E-state index contributed by atoms with van der Waals surface area (Å²) in [6, 6.07) is 6.31. The third-order valence-corrected chi connectivity index (χ3v) is 3.99. The lowest BCUT2D eigenvalue weighted by atomic mass is 10.2. The van der Waals surface area contributed by atoms with Crippen LogP contribution in [0.3, 0.4) is 0 Å². The topological polar surface area (TPSA) is 41.5 Å². The van der Waals surface area contributed by atoms with Crippen LogP contribution in [0.4, 0.5) is 4.39 Å². The lowest BCUT2D eigenvalue weighted by Gasteiger charge is -2.16. The van der Waals surface area contributed by atoms with Crippen LogP contribution >= 0.6 is 11.8 Å². The van der Waals surface area contributed by atoms with Crippen molar-refractivity contribution in [3.63, 3.8) is 0 Å². The Morgan fingerprint density at radius 2 is 2.22 bits per heavy atom. The minimum Gasteiger partial charge on any atom is -0.491 e. The Morgan fingerprint density at radius 1 is 1.44 bits per heavy atom. The number of aliphatic hydroxyl groups excluding tert-OH is 1. The Balaban J connectivity index is 1.64. The number of nitrogens with one attached hydrogen (secondary N) is 1. The first-order valence-electron chi connectivity index (χ1n) is 6.11. The molecule has 1 heterocycles. The molecule has 2 rings (SSSR count). The van der Waals surface area contributed by atoms with Crippen molar-refractivity contribution in [2.75, 3.05) is 24.7 Å². The molecule has 3 nitrogen and oxygen atoms in total. The summed E-state index contributed by atoms with van der Waals surface area (Å²) < 4.78 is 18.0. The van der Waals surface area contributed by atoms with E-state index in [9.17, 15) is 9.50 Å². The Labute approximate surface area is 111 Å². The second-order valence-electron chi connectivity index (χ2n) is 4.39. The molecule has 1 fully saturated rings. The lowest BCUT2D eigenvalue weighted by molar-refractivity contribution is 0.104. The van der Waals surface area contributed by atoms with E-state index in [-0.39, 0.29) is 12.4 Å². The molecule has 5 heteroatoms. The molecule has 2 N–H and O–H groups in total. The van der Waals surface area contributed by atoms with Gasteiger partial charge in [0.1, 0.15) is 24.3 Å². The predicted octanol–water partition coefficient (Wildman–Crippen LogP) is 1.66. The van der Waals surface area contributed by atoms with Gasteiger partial charge >= 0.3 is 0 Å². The normalized spacial score (nSPS) is 20.9. The van der Waals surface area contributed by atoms with Gasteiger partial charge in [0.2, 0.25) is 0 Å². The van der Waals surface area contributed by atoms with Gasteiger partial charge in [-0.2, -0.15) is 11.8 Å². The summed E-state index contributed by atoms with van der Waals surface area (Å²) in [4.78, 5) is 0. The molecule has 2 unspecified atom stereocenters. The first-order valence-corrected chi connectivity index (χ1v) is 7.27. The van der Waals surface area contributed by atoms with E-state index < -0.39 is 6.10 Å². The first-order chi connectivity index (χ1) is 8.74. The number of thioether (sulfide) groups is 1. The number of hydrogen-bond acceptors (Lipinski definition) is 4. The van der Waals surface area contributed by atoms with Crippen molar-refractivity contribution in [1.29, 1.82) is 0 Å². The molecule has 1 aliphatic heterocycles. The highest BCUT2D eigenvalue weighted by atomic mass is 32.2. The Morgan fingerprint density at radius 3 is 2.89 bits per heavy atom. The number of hydrogen-bond donors (Lipinski definition) is 2. The van der Waals surface area contributed by atoms with Crippen LogP contribution in [-0.4, -0.2) is 41.9 Å². The third-order valence-electron chi connectivity index (χ3n) is 2.83. The average Bonchev–Trinajstić information content (AvgIpc) is 2.89. The zero-order valence-electron chi connectivity index (χ0n) is 10.1. The van der Waals surface area contributed by atoms with Crippen molar-refractivity contribution in [2.45, 2.75) is 18.6 Å². The number of benzene rings is 1. The molecular formula is C13H18FNO2S. The van der Waals surface area contributed by atoms with E-state index >= 15 is 0 Å². The summed E-state index contributed by atoms with van der Waals surface area (Å²) >= 11 is 1.93. The van der Waals surface area contributed by atoms with Crippen molar-refractivity contribution in [3.8, 4) is 5.75 Å². The second kappa shape index (κ2) is 6.97. The van der Waals surface area contributed by atoms with Crippen LogP contribution < -0.4 is 10.1 Å². The molecule has 0 spiro atoms. The lowest BCUT2D eigenvalue weighted by Crippen LogP contribution is -2.37. The van der Waals surface area contributed by atoms with E-state index in [1.807, 2.05) is 11.8 Å². The number of ether oxygens (including phenoxy) is 1. The molecule has 18 heavy (non-hydrogen) atoms. The molecule has 0 saturated carbocycles. The fourth-order valence-electron chi connectivity index (χ4n) is 1.78. The molecule has 1 saturated heterocycles. The maximum atomic E-state index is 12.7.